The van der Waals surface area contributed by atoms with Gasteiger partial charge in [-0.2, -0.15) is 0 Å². The number of rotatable bonds is 7. The fraction of sp³-hybridized carbons (Fsp3) is 0.200. The molecule has 8 nitrogen and oxygen atoms in total. The Bertz CT molecular complexity index is 1370. The summed E-state index contributed by atoms with van der Waals surface area (Å²) >= 11 is 6.21. The number of ether oxygens (including phenoxy) is 1. The van der Waals surface area contributed by atoms with Crippen LogP contribution in [0.2, 0.25) is 5.02 Å². The van der Waals surface area contributed by atoms with Crippen molar-refractivity contribution in [2.45, 2.75) is 11.3 Å². The highest BCUT2D eigenvalue weighted by molar-refractivity contribution is 7.93. The molecular formula is C25H24ClN3O5S. The topological polar surface area (TPSA) is 96.0 Å². The van der Waals surface area contributed by atoms with Crippen molar-refractivity contribution in [1.29, 1.82) is 0 Å². The van der Waals surface area contributed by atoms with Crippen LogP contribution in [0.1, 0.15) is 15.9 Å². The molecule has 0 aromatic heterocycles. The second kappa shape index (κ2) is 9.97. The molecule has 0 aliphatic carbocycles. The fourth-order valence-electron chi connectivity index (χ4n) is 3.76. The second-order valence-corrected chi connectivity index (χ2v) is 10.4. The van der Waals surface area contributed by atoms with Crippen molar-refractivity contribution < 1.29 is 22.7 Å². The van der Waals surface area contributed by atoms with E-state index in [1.165, 1.54) is 22.5 Å². The van der Waals surface area contributed by atoms with Crippen molar-refractivity contribution in [3.05, 3.63) is 82.9 Å². The summed E-state index contributed by atoms with van der Waals surface area (Å²) in [6.45, 7) is -0.249. The molecule has 1 amide bonds. The smallest absolute Gasteiger partial charge is 0.338 e. The van der Waals surface area contributed by atoms with Gasteiger partial charge in [-0.25, -0.2) is 13.2 Å². The molecule has 182 valence electrons. The second-order valence-electron chi connectivity index (χ2n) is 8.17. The molecule has 0 saturated heterocycles. The number of hydrogen-bond donors (Lipinski definition) is 1. The summed E-state index contributed by atoms with van der Waals surface area (Å²) < 4.78 is 33.1. The molecule has 3 aromatic carbocycles. The van der Waals surface area contributed by atoms with Gasteiger partial charge in [0.2, 0.25) is 0 Å². The van der Waals surface area contributed by atoms with E-state index in [0.29, 0.717) is 17.8 Å². The van der Waals surface area contributed by atoms with Crippen molar-refractivity contribution in [3.8, 4) is 0 Å². The number of carbonyl (C=O) groups excluding carboxylic acids is 2. The monoisotopic (exact) mass is 513 g/mol. The molecule has 0 bridgehead atoms. The summed E-state index contributed by atoms with van der Waals surface area (Å²) in [5.74, 6) is -1.36. The highest BCUT2D eigenvalue weighted by Gasteiger charge is 2.32. The van der Waals surface area contributed by atoms with E-state index >= 15 is 0 Å². The summed E-state index contributed by atoms with van der Waals surface area (Å²) in [5, 5.41) is 2.64. The van der Waals surface area contributed by atoms with Crippen molar-refractivity contribution in [1.82, 2.24) is 0 Å². The van der Waals surface area contributed by atoms with Crippen LogP contribution in [0.15, 0.2) is 71.6 Å². The van der Waals surface area contributed by atoms with Gasteiger partial charge < -0.3 is 15.0 Å². The largest absolute Gasteiger partial charge is 0.452 e. The van der Waals surface area contributed by atoms with Crippen molar-refractivity contribution >= 4 is 50.6 Å². The predicted molar refractivity (Wildman–Crippen MR) is 136 cm³/mol. The highest BCUT2D eigenvalue weighted by atomic mass is 35.5. The lowest BCUT2D eigenvalue weighted by Gasteiger charge is -2.20. The lowest BCUT2D eigenvalue weighted by atomic mass is 10.2. The number of nitrogens with zero attached hydrogens (tertiary/aromatic N) is 2. The number of sulfonamides is 1. The summed E-state index contributed by atoms with van der Waals surface area (Å²) in [7, 11) is -0.195. The van der Waals surface area contributed by atoms with Gasteiger partial charge in [0.25, 0.3) is 15.9 Å². The lowest BCUT2D eigenvalue weighted by molar-refractivity contribution is -0.119. The third-order valence-electron chi connectivity index (χ3n) is 5.58. The first kappa shape index (κ1) is 24.6. The van der Waals surface area contributed by atoms with Gasteiger partial charge in [0.1, 0.15) is 4.90 Å². The molecule has 10 heteroatoms. The van der Waals surface area contributed by atoms with Gasteiger partial charge in [0, 0.05) is 32.0 Å². The van der Waals surface area contributed by atoms with Crippen LogP contribution in [0, 0.1) is 0 Å². The number of carbonyl (C=O) groups is 2. The Kier molecular flexibility index (Phi) is 7.00. The van der Waals surface area contributed by atoms with Crippen LogP contribution in [0.4, 0.5) is 17.1 Å². The summed E-state index contributed by atoms with van der Waals surface area (Å²) in [6.07, 6.45) is 0.585. The van der Waals surface area contributed by atoms with Crippen LogP contribution in [0.25, 0.3) is 0 Å². The van der Waals surface area contributed by atoms with E-state index in [4.69, 9.17) is 16.3 Å². The number of para-hydroxylation sites is 1. The van der Waals surface area contributed by atoms with Gasteiger partial charge >= 0.3 is 5.97 Å². The number of anilines is 3. The number of amides is 1. The van der Waals surface area contributed by atoms with Crippen LogP contribution < -0.4 is 14.5 Å². The number of esters is 1. The van der Waals surface area contributed by atoms with E-state index in [2.05, 4.69) is 5.32 Å². The summed E-state index contributed by atoms with van der Waals surface area (Å²) in [6, 6.07) is 18.3. The number of nitrogens with one attached hydrogen (secondary N) is 1. The molecule has 0 spiro atoms. The molecule has 0 atom stereocenters. The maximum atomic E-state index is 13.4. The zero-order chi connectivity index (χ0) is 25.2. The Morgan fingerprint density at radius 2 is 1.77 bits per heavy atom. The number of benzene rings is 3. The van der Waals surface area contributed by atoms with Crippen LogP contribution >= 0.6 is 11.6 Å². The van der Waals surface area contributed by atoms with Crippen LogP contribution in [0.5, 0.6) is 0 Å². The van der Waals surface area contributed by atoms with E-state index in [1.807, 2.05) is 43.3 Å². The molecule has 1 heterocycles. The van der Waals surface area contributed by atoms with Crippen molar-refractivity contribution in [2.75, 3.05) is 41.8 Å². The van der Waals surface area contributed by atoms with Crippen LogP contribution in [-0.2, 0) is 26.0 Å². The molecule has 35 heavy (non-hydrogen) atoms. The standard InChI is InChI=1S/C25H24ClN3O5S/c1-28(2)20-10-8-19(9-11-20)27-24(30)16-34-25(31)18-7-12-21(26)23(15-18)35(32,33)29-14-13-17-5-3-4-6-22(17)29/h3-12,15H,13-14,16H2,1-2H3,(H,27,30). The maximum absolute atomic E-state index is 13.4. The maximum Gasteiger partial charge on any atom is 0.338 e. The number of hydrogen-bond acceptors (Lipinski definition) is 6. The number of halogens is 1. The molecule has 1 N–H and O–H groups in total. The first-order valence-electron chi connectivity index (χ1n) is 10.8. The minimum Gasteiger partial charge on any atom is -0.452 e. The average Bonchev–Trinajstić information content (AvgIpc) is 3.28. The predicted octanol–water partition coefficient (Wildman–Crippen LogP) is 3.95. The molecule has 0 radical (unpaired) electrons. The van der Waals surface area contributed by atoms with Gasteiger partial charge in [-0.3, -0.25) is 9.10 Å². The quantitative estimate of drug-likeness (QED) is 0.480. The lowest BCUT2D eigenvalue weighted by Crippen LogP contribution is -2.29. The van der Waals surface area contributed by atoms with Gasteiger partial charge in [0.05, 0.1) is 16.3 Å². The van der Waals surface area contributed by atoms with Crippen LogP contribution in [0.3, 0.4) is 0 Å². The third kappa shape index (κ3) is 5.26. The molecule has 1 aliphatic heterocycles. The molecule has 0 unspecified atom stereocenters. The Balaban J connectivity index is 1.44. The average molecular weight is 514 g/mol. The normalized spacial score (nSPS) is 12.7. The van der Waals surface area contributed by atoms with E-state index in [0.717, 1.165) is 11.3 Å². The fourth-order valence-corrected chi connectivity index (χ4v) is 5.77. The minimum absolute atomic E-state index is 0.00940. The molecule has 3 aromatic rings. The molecule has 4 rings (SSSR count). The molecule has 0 saturated carbocycles. The van der Waals surface area contributed by atoms with E-state index in [9.17, 15) is 18.0 Å². The third-order valence-corrected chi connectivity index (χ3v) is 7.88. The first-order valence-corrected chi connectivity index (χ1v) is 12.6. The van der Waals surface area contributed by atoms with Crippen molar-refractivity contribution in [2.24, 2.45) is 0 Å². The molecular weight excluding hydrogens is 490 g/mol. The molecule has 1 aliphatic rings. The van der Waals surface area contributed by atoms with E-state index < -0.39 is 28.5 Å². The van der Waals surface area contributed by atoms with Crippen molar-refractivity contribution in [3.63, 3.8) is 0 Å². The Labute approximate surface area is 209 Å². The Morgan fingerprint density at radius 1 is 1.06 bits per heavy atom. The summed E-state index contributed by atoms with van der Waals surface area (Å²) in [5.41, 5.74) is 3.02. The van der Waals surface area contributed by atoms with Gasteiger partial charge in [-0.1, -0.05) is 29.8 Å². The Morgan fingerprint density at radius 3 is 2.49 bits per heavy atom. The number of fused-ring (bicyclic) bond motifs is 1. The molecule has 0 fully saturated rings. The Hall–Kier alpha value is -3.56. The minimum atomic E-state index is -4.01. The van der Waals surface area contributed by atoms with Gasteiger partial charge in [-0.05, 0) is 60.5 Å². The zero-order valence-electron chi connectivity index (χ0n) is 19.2. The highest BCUT2D eigenvalue weighted by Crippen LogP contribution is 2.35. The van der Waals surface area contributed by atoms with Gasteiger partial charge in [-0.15, -0.1) is 0 Å². The van der Waals surface area contributed by atoms with E-state index in [-0.39, 0.29) is 22.0 Å². The zero-order valence-corrected chi connectivity index (χ0v) is 20.8. The SMILES string of the molecule is CN(C)c1ccc(NC(=O)COC(=O)c2ccc(Cl)c(S(=O)(=O)N3CCc4ccccc43)c2)cc1. The first-order chi connectivity index (χ1) is 16.7. The van der Waals surface area contributed by atoms with Crippen LogP contribution in [-0.4, -0.2) is 47.5 Å². The van der Waals surface area contributed by atoms with E-state index in [1.54, 1.807) is 24.3 Å². The van der Waals surface area contributed by atoms with Gasteiger partial charge in [0.15, 0.2) is 6.61 Å². The summed E-state index contributed by atoms with van der Waals surface area (Å²) in [4.78, 5) is 26.5.